The molecule has 1 aromatic rings. The molecule has 0 aliphatic carbocycles. The topological polar surface area (TPSA) is 60.4 Å². The Bertz CT molecular complexity index is 479. The Kier molecular flexibility index (Phi) is 6.10. The average Bonchev–Trinajstić information content (AvgIpc) is 2.39. The number of ether oxygens (including phenoxy) is 1. The quantitative estimate of drug-likeness (QED) is 0.566. The Morgan fingerprint density at radius 1 is 1.15 bits per heavy atom. The van der Waals surface area contributed by atoms with E-state index in [-0.39, 0.29) is 12.4 Å². The van der Waals surface area contributed by atoms with Crippen molar-refractivity contribution < 1.29 is 19.1 Å². The maximum atomic E-state index is 12.3. The molecule has 20 heavy (non-hydrogen) atoms. The lowest BCUT2D eigenvalue weighted by Crippen LogP contribution is -2.36. The highest BCUT2D eigenvalue weighted by atomic mass is 16.5. The van der Waals surface area contributed by atoms with E-state index in [4.69, 9.17) is 4.74 Å². The van der Waals surface area contributed by atoms with Gasteiger partial charge in [0, 0.05) is 5.92 Å². The van der Waals surface area contributed by atoms with E-state index in [1.54, 1.807) is 13.8 Å². The molecule has 0 saturated heterocycles. The van der Waals surface area contributed by atoms with Crippen LogP contribution in [0.3, 0.4) is 0 Å². The molecular weight excluding hydrogens is 256 g/mol. The monoisotopic (exact) mass is 276 g/mol. The summed E-state index contributed by atoms with van der Waals surface area (Å²) >= 11 is 0. The molecule has 0 aromatic heterocycles. The van der Waals surface area contributed by atoms with Crippen molar-refractivity contribution in [2.24, 2.45) is 11.8 Å². The Labute approximate surface area is 119 Å². The van der Waals surface area contributed by atoms with Crippen molar-refractivity contribution in [2.75, 3.05) is 6.61 Å². The van der Waals surface area contributed by atoms with E-state index in [0.717, 1.165) is 5.56 Å². The fourth-order valence-corrected chi connectivity index (χ4v) is 2.06. The van der Waals surface area contributed by atoms with E-state index >= 15 is 0 Å². The number of esters is 1. The van der Waals surface area contributed by atoms with Crippen LogP contribution in [0, 0.1) is 11.8 Å². The number of hydrogen-bond acceptors (Lipinski definition) is 4. The standard InChI is InChI=1S/C16H20O4/c1-4-20-16(19)14(12(3)17)15(18)11(2)10-13-8-6-5-7-9-13/h5-9,11,14H,4,10H2,1-3H3. The normalized spacial score (nSPS) is 13.3. The molecule has 0 N–H and O–H groups in total. The molecule has 0 amide bonds. The van der Waals surface area contributed by atoms with Crippen LogP contribution < -0.4 is 0 Å². The molecule has 0 saturated carbocycles. The predicted molar refractivity (Wildman–Crippen MR) is 75.1 cm³/mol. The van der Waals surface area contributed by atoms with Crippen LogP contribution in [0.2, 0.25) is 0 Å². The molecule has 2 atom stereocenters. The van der Waals surface area contributed by atoms with Gasteiger partial charge in [-0.05, 0) is 25.8 Å². The first-order valence-electron chi connectivity index (χ1n) is 6.72. The van der Waals surface area contributed by atoms with Crippen molar-refractivity contribution in [3.05, 3.63) is 35.9 Å². The van der Waals surface area contributed by atoms with E-state index in [1.165, 1.54) is 6.92 Å². The second-order valence-electron chi connectivity index (χ2n) is 4.79. The van der Waals surface area contributed by atoms with Gasteiger partial charge in [0.05, 0.1) is 6.61 Å². The molecule has 0 radical (unpaired) electrons. The van der Waals surface area contributed by atoms with Gasteiger partial charge in [0.25, 0.3) is 0 Å². The summed E-state index contributed by atoms with van der Waals surface area (Å²) in [7, 11) is 0. The third-order valence-electron chi connectivity index (χ3n) is 3.08. The van der Waals surface area contributed by atoms with Crippen molar-refractivity contribution in [2.45, 2.75) is 27.2 Å². The van der Waals surface area contributed by atoms with Gasteiger partial charge in [0.1, 0.15) is 0 Å². The number of hydrogen-bond donors (Lipinski definition) is 0. The fourth-order valence-electron chi connectivity index (χ4n) is 2.06. The maximum Gasteiger partial charge on any atom is 0.324 e. The highest BCUT2D eigenvalue weighted by Crippen LogP contribution is 2.16. The molecular formula is C16H20O4. The number of carbonyl (C=O) groups is 3. The van der Waals surface area contributed by atoms with Crippen molar-refractivity contribution in [3.63, 3.8) is 0 Å². The lowest BCUT2D eigenvalue weighted by molar-refractivity contribution is -0.155. The molecule has 0 bridgehead atoms. The smallest absolute Gasteiger partial charge is 0.324 e. The SMILES string of the molecule is CCOC(=O)C(C(C)=O)C(=O)C(C)Cc1ccccc1. The zero-order chi connectivity index (χ0) is 15.1. The summed E-state index contributed by atoms with van der Waals surface area (Å²) in [5, 5.41) is 0. The minimum atomic E-state index is -1.30. The zero-order valence-electron chi connectivity index (χ0n) is 12.1. The van der Waals surface area contributed by atoms with Gasteiger partial charge in [0.2, 0.25) is 0 Å². The molecule has 0 heterocycles. The van der Waals surface area contributed by atoms with Gasteiger partial charge in [-0.25, -0.2) is 0 Å². The summed E-state index contributed by atoms with van der Waals surface area (Å²) in [4.78, 5) is 35.5. The van der Waals surface area contributed by atoms with Crippen LogP contribution in [0.25, 0.3) is 0 Å². The van der Waals surface area contributed by atoms with Gasteiger partial charge in [0.15, 0.2) is 17.5 Å². The van der Waals surface area contributed by atoms with Crippen molar-refractivity contribution >= 4 is 17.5 Å². The largest absolute Gasteiger partial charge is 0.465 e. The molecule has 4 heteroatoms. The third-order valence-corrected chi connectivity index (χ3v) is 3.08. The predicted octanol–water partition coefficient (Wildman–Crippen LogP) is 2.20. The molecule has 2 unspecified atom stereocenters. The summed E-state index contributed by atoms with van der Waals surface area (Å²) in [6.45, 7) is 4.77. The van der Waals surface area contributed by atoms with Crippen LogP contribution in [0.5, 0.6) is 0 Å². The van der Waals surface area contributed by atoms with E-state index in [2.05, 4.69) is 0 Å². The first kappa shape index (κ1) is 16.1. The second-order valence-corrected chi connectivity index (χ2v) is 4.79. The molecule has 0 fully saturated rings. The van der Waals surface area contributed by atoms with Crippen molar-refractivity contribution in [1.29, 1.82) is 0 Å². The molecule has 1 aromatic carbocycles. The van der Waals surface area contributed by atoms with E-state index in [1.807, 2.05) is 30.3 Å². The van der Waals surface area contributed by atoms with Crippen molar-refractivity contribution in [3.8, 4) is 0 Å². The first-order chi connectivity index (χ1) is 9.47. The van der Waals surface area contributed by atoms with Gasteiger partial charge in [-0.3, -0.25) is 14.4 Å². The summed E-state index contributed by atoms with van der Waals surface area (Å²) in [5.74, 6) is -3.29. The van der Waals surface area contributed by atoms with Gasteiger partial charge >= 0.3 is 5.97 Å². The van der Waals surface area contributed by atoms with Gasteiger partial charge in [-0.2, -0.15) is 0 Å². The van der Waals surface area contributed by atoms with E-state index in [9.17, 15) is 14.4 Å². The minimum absolute atomic E-state index is 0.156. The fraction of sp³-hybridized carbons (Fsp3) is 0.438. The van der Waals surface area contributed by atoms with Gasteiger partial charge < -0.3 is 4.74 Å². The van der Waals surface area contributed by atoms with Crippen LogP contribution >= 0.6 is 0 Å². The van der Waals surface area contributed by atoms with E-state index in [0.29, 0.717) is 6.42 Å². The number of Topliss-reactive ketones (excluding diaryl/α,β-unsaturated/α-hetero) is 2. The van der Waals surface area contributed by atoms with Gasteiger partial charge in [-0.15, -0.1) is 0 Å². The van der Waals surface area contributed by atoms with Crippen LogP contribution in [-0.2, 0) is 25.5 Å². The van der Waals surface area contributed by atoms with E-state index < -0.39 is 23.6 Å². The lowest BCUT2D eigenvalue weighted by atomic mass is 9.87. The van der Waals surface area contributed by atoms with Crippen molar-refractivity contribution in [1.82, 2.24) is 0 Å². The zero-order valence-corrected chi connectivity index (χ0v) is 12.1. The molecule has 0 spiro atoms. The average molecular weight is 276 g/mol. The summed E-state index contributed by atoms with van der Waals surface area (Å²) in [6, 6.07) is 9.50. The summed E-state index contributed by atoms with van der Waals surface area (Å²) < 4.78 is 4.81. The van der Waals surface area contributed by atoms with Crippen LogP contribution in [0.15, 0.2) is 30.3 Å². The molecule has 0 aliphatic heterocycles. The number of carbonyl (C=O) groups excluding carboxylic acids is 3. The second kappa shape index (κ2) is 7.58. The Hall–Kier alpha value is -1.97. The highest BCUT2D eigenvalue weighted by Gasteiger charge is 2.35. The molecule has 1 rings (SSSR count). The molecule has 4 nitrogen and oxygen atoms in total. The number of ketones is 2. The summed E-state index contributed by atoms with van der Waals surface area (Å²) in [6.07, 6.45) is 0.503. The Morgan fingerprint density at radius 3 is 2.25 bits per heavy atom. The number of rotatable bonds is 7. The Balaban J connectivity index is 2.79. The highest BCUT2D eigenvalue weighted by molar-refractivity contribution is 6.17. The van der Waals surface area contributed by atoms with Crippen LogP contribution in [-0.4, -0.2) is 24.1 Å². The maximum absolute atomic E-state index is 12.3. The first-order valence-corrected chi connectivity index (χ1v) is 6.72. The Morgan fingerprint density at radius 2 is 1.75 bits per heavy atom. The van der Waals surface area contributed by atoms with Crippen LogP contribution in [0.1, 0.15) is 26.3 Å². The molecule has 0 aliphatic rings. The summed E-state index contributed by atoms with van der Waals surface area (Å²) in [5.41, 5.74) is 1.000. The third kappa shape index (κ3) is 4.30. The molecule has 108 valence electrons. The van der Waals surface area contributed by atoms with Crippen LogP contribution in [0.4, 0.5) is 0 Å². The minimum Gasteiger partial charge on any atom is -0.465 e. The number of benzene rings is 1. The lowest BCUT2D eigenvalue weighted by Gasteiger charge is -2.16. The van der Waals surface area contributed by atoms with Gasteiger partial charge in [-0.1, -0.05) is 37.3 Å².